The highest BCUT2D eigenvalue weighted by atomic mass is 16.5. The predicted octanol–water partition coefficient (Wildman–Crippen LogP) is 4.43. The van der Waals surface area contributed by atoms with Gasteiger partial charge in [-0.1, -0.05) is 6.07 Å². The van der Waals surface area contributed by atoms with Crippen molar-refractivity contribution >= 4 is 17.7 Å². The van der Waals surface area contributed by atoms with Gasteiger partial charge in [-0.15, -0.1) is 0 Å². The van der Waals surface area contributed by atoms with E-state index < -0.39 is 0 Å². The number of hydrogen-bond acceptors (Lipinski definition) is 6. The van der Waals surface area contributed by atoms with Crippen LogP contribution in [0.3, 0.4) is 0 Å². The van der Waals surface area contributed by atoms with Crippen molar-refractivity contribution in [2.45, 2.75) is 69.5 Å². The first-order chi connectivity index (χ1) is 20.0. The number of carbonyl (C=O) groups is 3. The second-order valence-electron chi connectivity index (χ2n) is 11.6. The van der Waals surface area contributed by atoms with Gasteiger partial charge in [0.25, 0.3) is 5.91 Å². The Morgan fingerprint density at radius 3 is 2.46 bits per heavy atom. The van der Waals surface area contributed by atoms with Gasteiger partial charge >= 0.3 is 0 Å². The van der Waals surface area contributed by atoms with Gasteiger partial charge < -0.3 is 19.9 Å². The summed E-state index contributed by atoms with van der Waals surface area (Å²) in [4.78, 5) is 41.6. The van der Waals surface area contributed by atoms with Gasteiger partial charge in [0.1, 0.15) is 11.5 Å². The van der Waals surface area contributed by atoms with Gasteiger partial charge in [0, 0.05) is 61.1 Å². The summed E-state index contributed by atoms with van der Waals surface area (Å²) in [6, 6.07) is 17.2. The normalized spacial score (nSPS) is 20.5. The molecule has 4 fully saturated rings. The molecule has 210 valence electrons. The zero-order chi connectivity index (χ0) is 27.9. The average Bonchev–Trinajstić information content (AvgIpc) is 3.92. The van der Waals surface area contributed by atoms with Gasteiger partial charge in [-0.2, -0.15) is 10.2 Å². The van der Waals surface area contributed by atoms with E-state index in [-0.39, 0.29) is 23.8 Å². The third-order valence-corrected chi connectivity index (χ3v) is 8.40. The van der Waals surface area contributed by atoms with Crippen LogP contribution in [0.5, 0.6) is 11.5 Å². The summed E-state index contributed by atoms with van der Waals surface area (Å²) >= 11 is 0. The molecule has 0 radical (unpaired) electrons. The lowest BCUT2D eigenvalue weighted by Crippen LogP contribution is -2.37. The van der Waals surface area contributed by atoms with Crippen LogP contribution in [0.1, 0.15) is 72.5 Å². The van der Waals surface area contributed by atoms with Crippen LogP contribution in [0.4, 0.5) is 0 Å². The second kappa shape index (κ2) is 10.6. The number of nitrogens with zero attached hydrogens (tertiary/aromatic N) is 4. The minimum atomic E-state index is -0.238. The summed E-state index contributed by atoms with van der Waals surface area (Å²) in [5, 5.41) is 11.8. The quantitative estimate of drug-likeness (QED) is 0.422. The number of carbonyl (C=O) groups excluding carboxylic acids is 3. The maximum absolute atomic E-state index is 13.2. The first kappa shape index (κ1) is 25.7. The van der Waals surface area contributed by atoms with E-state index in [0.29, 0.717) is 61.5 Å². The highest BCUT2D eigenvalue weighted by molar-refractivity contribution is 5.95. The molecule has 3 amide bonds. The van der Waals surface area contributed by atoms with Crippen molar-refractivity contribution in [1.82, 2.24) is 25.3 Å². The molecule has 4 aliphatic rings. The Morgan fingerprint density at radius 2 is 1.78 bits per heavy atom. The molecule has 2 aliphatic heterocycles. The van der Waals surface area contributed by atoms with Crippen molar-refractivity contribution < 1.29 is 19.1 Å². The van der Waals surface area contributed by atoms with Crippen LogP contribution in [-0.2, 0) is 16.1 Å². The number of benzene rings is 2. The monoisotopic (exact) mass is 551 g/mol. The predicted molar refractivity (Wildman–Crippen MR) is 151 cm³/mol. The van der Waals surface area contributed by atoms with Crippen LogP contribution in [0, 0.1) is 0 Å². The molecule has 1 N–H and O–H groups in total. The van der Waals surface area contributed by atoms with Crippen LogP contribution >= 0.6 is 0 Å². The summed E-state index contributed by atoms with van der Waals surface area (Å²) in [5.41, 5.74) is 4.09. The summed E-state index contributed by atoms with van der Waals surface area (Å²) in [6.45, 7) is 1.70. The fraction of sp³-hybridized carbons (Fsp3) is 0.406. The minimum Gasteiger partial charge on any atom is -0.457 e. The number of hydrogen-bond donors (Lipinski definition) is 1. The number of amides is 3. The average molecular weight is 552 g/mol. The number of aromatic nitrogens is 2. The van der Waals surface area contributed by atoms with Crippen LogP contribution in [0.15, 0.2) is 54.6 Å². The third kappa shape index (κ3) is 5.66. The minimum absolute atomic E-state index is 0.112. The Morgan fingerprint density at radius 1 is 0.951 bits per heavy atom. The zero-order valence-electron chi connectivity index (χ0n) is 22.9. The molecule has 3 heterocycles. The standard InChI is InChI=1S/C32H33N5O4/c38-30-2-1-15-36(30)18-23-6-5-22(32(40)33-24-17-31(39)37(19-24)25-9-10-25)16-29(23)41-26-11-7-21(8-12-26)28-14-13-27(34-35-28)20-3-4-20/h5-8,11-14,16,20,24-25H,1-4,9-10,15,17-19H2,(H,33,40)/t24-/m0/s1. The van der Waals surface area contributed by atoms with E-state index in [1.54, 1.807) is 12.1 Å². The SMILES string of the molecule is O=C(N[C@H]1CC(=O)N(C2CC2)C1)c1ccc(CN2CCCC2=O)c(Oc2ccc(-c3ccc(C4CC4)nn3)cc2)c1. The molecular weight excluding hydrogens is 518 g/mol. The van der Waals surface area contributed by atoms with E-state index in [1.165, 1.54) is 12.8 Å². The molecule has 9 heteroatoms. The Hall–Kier alpha value is -4.27. The maximum atomic E-state index is 13.2. The molecule has 2 saturated heterocycles. The topological polar surface area (TPSA) is 105 Å². The number of likely N-dealkylation sites (tertiary alicyclic amines) is 2. The summed E-state index contributed by atoms with van der Waals surface area (Å²) < 4.78 is 6.32. The lowest BCUT2D eigenvalue weighted by atomic mass is 10.1. The number of nitrogens with one attached hydrogen (secondary N) is 1. The molecule has 2 aliphatic carbocycles. The Kier molecular flexibility index (Phi) is 6.65. The van der Waals surface area contributed by atoms with Gasteiger partial charge in [-0.3, -0.25) is 14.4 Å². The van der Waals surface area contributed by atoms with Crippen LogP contribution in [-0.4, -0.2) is 62.9 Å². The summed E-state index contributed by atoms with van der Waals surface area (Å²) in [5.74, 6) is 1.71. The fourth-order valence-electron chi connectivity index (χ4n) is 5.75. The molecule has 0 bridgehead atoms. The van der Waals surface area contributed by atoms with Crippen molar-refractivity contribution in [3.63, 3.8) is 0 Å². The van der Waals surface area contributed by atoms with Crippen molar-refractivity contribution in [2.75, 3.05) is 13.1 Å². The van der Waals surface area contributed by atoms with E-state index in [4.69, 9.17) is 4.74 Å². The smallest absolute Gasteiger partial charge is 0.251 e. The molecule has 0 unspecified atom stereocenters. The molecule has 41 heavy (non-hydrogen) atoms. The van der Waals surface area contributed by atoms with Gasteiger partial charge in [-0.25, -0.2) is 0 Å². The van der Waals surface area contributed by atoms with Crippen LogP contribution < -0.4 is 10.1 Å². The fourth-order valence-corrected chi connectivity index (χ4v) is 5.75. The zero-order valence-corrected chi connectivity index (χ0v) is 22.9. The number of ether oxygens (including phenoxy) is 1. The molecule has 3 aromatic rings. The van der Waals surface area contributed by atoms with Gasteiger partial charge in [0.15, 0.2) is 0 Å². The maximum Gasteiger partial charge on any atom is 0.251 e. The largest absolute Gasteiger partial charge is 0.457 e. The van der Waals surface area contributed by atoms with Crippen LogP contribution in [0.2, 0.25) is 0 Å². The molecule has 7 rings (SSSR count). The number of rotatable bonds is 9. The Bertz CT molecular complexity index is 1480. The van der Waals surface area contributed by atoms with Crippen molar-refractivity contribution in [1.29, 1.82) is 0 Å². The molecule has 1 atom stereocenters. The second-order valence-corrected chi connectivity index (χ2v) is 11.6. The Labute approximate surface area is 238 Å². The van der Waals surface area contributed by atoms with E-state index in [2.05, 4.69) is 21.6 Å². The van der Waals surface area contributed by atoms with Crippen molar-refractivity contribution in [2.24, 2.45) is 0 Å². The van der Waals surface area contributed by atoms with E-state index >= 15 is 0 Å². The van der Waals surface area contributed by atoms with Gasteiger partial charge in [-0.05, 0) is 80.6 Å². The molecule has 1 aromatic heterocycles. The van der Waals surface area contributed by atoms with E-state index in [1.807, 2.05) is 46.2 Å². The van der Waals surface area contributed by atoms with E-state index in [9.17, 15) is 14.4 Å². The lowest BCUT2D eigenvalue weighted by molar-refractivity contribution is -0.129. The third-order valence-electron chi connectivity index (χ3n) is 8.40. The van der Waals surface area contributed by atoms with Crippen molar-refractivity contribution in [3.05, 3.63) is 71.4 Å². The van der Waals surface area contributed by atoms with Crippen LogP contribution in [0.25, 0.3) is 11.3 Å². The molecular formula is C32H33N5O4. The summed E-state index contributed by atoms with van der Waals surface area (Å²) in [6.07, 6.45) is 6.22. The highest BCUT2D eigenvalue weighted by Crippen LogP contribution is 2.39. The Balaban J connectivity index is 1.09. The lowest BCUT2D eigenvalue weighted by Gasteiger charge is -2.20. The van der Waals surface area contributed by atoms with Crippen molar-refractivity contribution in [3.8, 4) is 22.8 Å². The van der Waals surface area contributed by atoms with Gasteiger partial charge in [0.2, 0.25) is 11.8 Å². The summed E-state index contributed by atoms with van der Waals surface area (Å²) in [7, 11) is 0. The molecule has 2 saturated carbocycles. The van der Waals surface area contributed by atoms with Gasteiger partial charge in [0.05, 0.1) is 17.4 Å². The molecule has 2 aromatic carbocycles. The molecule has 0 spiro atoms. The first-order valence-electron chi connectivity index (χ1n) is 14.6. The first-order valence-corrected chi connectivity index (χ1v) is 14.6. The molecule has 9 nitrogen and oxygen atoms in total. The highest BCUT2D eigenvalue weighted by Gasteiger charge is 2.39. The van der Waals surface area contributed by atoms with E-state index in [0.717, 1.165) is 41.8 Å².